The molecule has 3 rings (SSSR count). The molecule has 0 saturated heterocycles. The Morgan fingerprint density at radius 3 is 2.41 bits per heavy atom. The van der Waals surface area contributed by atoms with Crippen molar-refractivity contribution in [2.75, 3.05) is 13.1 Å². The van der Waals surface area contributed by atoms with Crippen LogP contribution in [-0.2, 0) is 0 Å². The van der Waals surface area contributed by atoms with E-state index in [2.05, 4.69) is 10.3 Å². The second-order valence-electron chi connectivity index (χ2n) is 10.0. The average molecular weight is 492 g/mol. The lowest BCUT2D eigenvalue weighted by molar-refractivity contribution is -0.213. The number of alkyl halides is 3. The molecule has 0 aromatic heterocycles. The number of aliphatic imine (C=N–C) groups is 1. The van der Waals surface area contributed by atoms with Crippen LogP contribution in [0.1, 0.15) is 57.9 Å². The van der Waals surface area contributed by atoms with Gasteiger partial charge in [0, 0.05) is 24.5 Å². The number of hydrogen-bond donors (Lipinski definition) is 3. The number of aliphatic hydroxyl groups is 1. The molecule has 3 N–H and O–H groups in total. The molecule has 1 aromatic carbocycles. The summed E-state index contributed by atoms with van der Waals surface area (Å²) in [5, 5.41) is 23.0. The van der Waals surface area contributed by atoms with Gasteiger partial charge in [-0.15, -0.1) is 0 Å². The third kappa shape index (κ3) is 5.13. The maximum absolute atomic E-state index is 14.4. The van der Waals surface area contributed by atoms with Gasteiger partial charge in [-0.1, -0.05) is 12.1 Å². The summed E-state index contributed by atoms with van der Waals surface area (Å²) in [5.41, 5.74) is -2.95. The van der Waals surface area contributed by atoms with E-state index in [1.54, 1.807) is 20.8 Å². The molecular formula is C23H30F5N3O3. The third-order valence-corrected chi connectivity index (χ3v) is 6.72. The van der Waals surface area contributed by atoms with Gasteiger partial charge in [-0.25, -0.2) is 13.6 Å². The van der Waals surface area contributed by atoms with E-state index >= 15 is 0 Å². The SMILES string of the molecule is CC(C)(C)N(C(=O)O)[C@@H]1CC[C@@H](c2cccc(F)c2F)CN=C1NCC(O)C1(C(F)(F)F)CC1. The average Bonchev–Trinajstić information content (AvgIpc) is 3.53. The van der Waals surface area contributed by atoms with Crippen molar-refractivity contribution in [3.8, 4) is 0 Å². The van der Waals surface area contributed by atoms with Gasteiger partial charge in [0.05, 0.1) is 17.6 Å². The Labute approximate surface area is 194 Å². The molecule has 0 bridgehead atoms. The van der Waals surface area contributed by atoms with Crippen LogP contribution in [0.2, 0.25) is 0 Å². The number of amides is 1. The maximum Gasteiger partial charge on any atom is 0.408 e. The number of rotatable bonds is 5. The number of halogens is 5. The van der Waals surface area contributed by atoms with Crippen molar-refractivity contribution in [2.45, 2.75) is 76.2 Å². The molecule has 1 aromatic rings. The molecule has 3 atom stereocenters. The van der Waals surface area contributed by atoms with Crippen LogP contribution in [0.15, 0.2) is 23.2 Å². The molecule has 6 nitrogen and oxygen atoms in total. The van der Waals surface area contributed by atoms with Crippen molar-refractivity contribution in [3.63, 3.8) is 0 Å². The summed E-state index contributed by atoms with van der Waals surface area (Å²) < 4.78 is 68.3. The van der Waals surface area contributed by atoms with Gasteiger partial charge in [-0.2, -0.15) is 13.2 Å². The number of amidine groups is 1. The van der Waals surface area contributed by atoms with Gasteiger partial charge >= 0.3 is 12.3 Å². The zero-order valence-corrected chi connectivity index (χ0v) is 19.3. The van der Waals surface area contributed by atoms with Crippen LogP contribution in [0.3, 0.4) is 0 Å². The number of aliphatic hydroxyl groups excluding tert-OH is 1. The number of hydrogen-bond acceptors (Lipinski definition) is 4. The molecule has 0 spiro atoms. The van der Waals surface area contributed by atoms with Gasteiger partial charge in [0.1, 0.15) is 5.84 Å². The highest BCUT2D eigenvalue weighted by atomic mass is 19.4. The Balaban J connectivity index is 1.89. The summed E-state index contributed by atoms with van der Waals surface area (Å²) in [4.78, 5) is 17.7. The lowest BCUT2D eigenvalue weighted by atomic mass is 9.91. The minimum Gasteiger partial charge on any atom is -0.465 e. The Bertz CT molecular complexity index is 941. The van der Waals surface area contributed by atoms with Crippen molar-refractivity contribution >= 4 is 11.9 Å². The Hall–Kier alpha value is -2.43. The molecule has 1 fully saturated rings. The molecule has 1 heterocycles. The van der Waals surface area contributed by atoms with E-state index in [0.29, 0.717) is 0 Å². The number of benzene rings is 1. The first-order valence-corrected chi connectivity index (χ1v) is 11.2. The quantitative estimate of drug-likeness (QED) is 0.522. The lowest BCUT2D eigenvalue weighted by Gasteiger charge is -2.40. The van der Waals surface area contributed by atoms with Crippen LogP contribution in [-0.4, -0.2) is 64.0 Å². The topological polar surface area (TPSA) is 85.2 Å². The van der Waals surface area contributed by atoms with Crippen LogP contribution in [0.25, 0.3) is 0 Å². The van der Waals surface area contributed by atoms with Gasteiger partial charge in [-0.3, -0.25) is 9.89 Å². The number of nitrogens with zero attached hydrogens (tertiary/aromatic N) is 2. The fourth-order valence-corrected chi connectivity index (χ4v) is 4.64. The molecule has 190 valence electrons. The highest BCUT2D eigenvalue weighted by molar-refractivity contribution is 5.90. The standard InChI is InChI=1S/C23H30F5N3O3/c1-21(2,3)31(20(33)34)16-8-7-13(14-5-4-6-15(24)18(14)25)11-29-19(16)30-12-17(32)22(9-10-22)23(26,27)28/h4-6,13,16-17,32H,7-12H2,1-3H3,(H,29,30)(H,33,34)/t13-,16-,17?/m1/s1. The van der Waals surface area contributed by atoms with Crippen LogP contribution < -0.4 is 5.32 Å². The summed E-state index contributed by atoms with van der Waals surface area (Å²) in [7, 11) is 0. The predicted molar refractivity (Wildman–Crippen MR) is 116 cm³/mol. The van der Waals surface area contributed by atoms with E-state index in [1.165, 1.54) is 12.1 Å². The van der Waals surface area contributed by atoms with Gasteiger partial charge in [-0.05, 0) is 58.1 Å². The highest BCUT2D eigenvalue weighted by Crippen LogP contribution is 2.59. The highest BCUT2D eigenvalue weighted by Gasteiger charge is 2.67. The smallest absolute Gasteiger partial charge is 0.408 e. The monoisotopic (exact) mass is 491 g/mol. The number of carbonyl (C=O) groups is 1. The van der Waals surface area contributed by atoms with Crippen molar-refractivity contribution in [2.24, 2.45) is 10.4 Å². The van der Waals surface area contributed by atoms with Crippen molar-refractivity contribution in [1.82, 2.24) is 10.2 Å². The minimum absolute atomic E-state index is 0.0166. The van der Waals surface area contributed by atoms with Gasteiger partial charge in [0.2, 0.25) is 0 Å². The third-order valence-electron chi connectivity index (χ3n) is 6.72. The summed E-state index contributed by atoms with van der Waals surface area (Å²) in [6.45, 7) is 4.53. The van der Waals surface area contributed by atoms with E-state index < -0.39 is 59.5 Å². The fraction of sp³-hybridized carbons (Fsp3) is 0.652. The normalized spacial score (nSPS) is 23.5. The zero-order valence-electron chi connectivity index (χ0n) is 19.3. The molecule has 2 aliphatic rings. The molecule has 1 saturated carbocycles. The van der Waals surface area contributed by atoms with Crippen molar-refractivity contribution in [3.05, 3.63) is 35.4 Å². The van der Waals surface area contributed by atoms with Crippen LogP contribution in [0.4, 0.5) is 26.7 Å². The predicted octanol–water partition coefficient (Wildman–Crippen LogP) is 4.68. The molecule has 0 radical (unpaired) electrons. The largest absolute Gasteiger partial charge is 0.465 e. The summed E-state index contributed by atoms with van der Waals surface area (Å²) in [5.74, 6) is -2.46. The molecule has 11 heteroatoms. The summed E-state index contributed by atoms with van der Waals surface area (Å²) in [6, 6.07) is 2.94. The Morgan fingerprint density at radius 2 is 1.88 bits per heavy atom. The minimum atomic E-state index is -4.56. The van der Waals surface area contributed by atoms with Crippen LogP contribution in [0, 0.1) is 17.0 Å². The molecular weight excluding hydrogens is 461 g/mol. The lowest BCUT2D eigenvalue weighted by Crippen LogP contribution is -2.57. The van der Waals surface area contributed by atoms with Gasteiger partial charge in [0.15, 0.2) is 11.6 Å². The second-order valence-corrected chi connectivity index (χ2v) is 10.0. The van der Waals surface area contributed by atoms with Crippen molar-refractivity contribution < 1.29 is 37.0 Å². The van der Waals surface area contributed by atoms with Crippen LogP contribution >= 0.6 is 0 Å². The van der Waals surface area contributed by atoms with Gasteiger partial charge in [0.25, 0.3) is 0 Å². The number of nitrogens with one attached hydrogen (secondary N) is 1. The van der Waals surface area contributed by atoms with Gasteiger partial charge < -0.3 is 15.5 Å². The van der Waals surface area contributed by atoms with E-state index in [1.807, 2.05) is 0 Å². The van der Waals surface area contributed by atoms with Crippen molar-refractivity contribution in [1.29, 1.82) is 0 Å². The fourth-order valence-electron chi connectivity index (χ4n) is 4.64. The summed E-state index contributed by atoms with van der Waals surface area (Å²) in [6.07, 6.45) is -7.46. The molecule has 1 aliphatic carbocycles. The van der Waals surface area contributed by atoms with E-state index in [4.69, 9.17) is 0 Å². The molecule has 1 amide bonds. The Morgan fingerprint density at radius 1 is 1.24 bits per heavy atom. The van der Waals surface area contributed by atoms with Crippen LogP contribution in [0.5, 0.6) is 0 Å². The Kier molecular flexibility index (Phi) is 7.17. The molecule has 1 aliphatic heterocycles. The first kappa shape index (κ1) is 26.2. The summed E-state index contributed by atoms with van der Waals surface area (Å²) >= 11 is 0. The van der Waals surface area contributed by atoms with E-state index in [-0.39, 0.29) is 43.6 Å². The molecule has 1 unspecified atom stereocenters. The second kappa shape index (κ2) is 9.31. The van der Waals surface area contributed by atoms with E-state index in [9.17, 15) is 37.0 Å². The maximum atomic E-state index is 14.4. The first-order chi connectivity index (χ1) is 15.7. The first-order valence-electron chi connectivity index (χ1n) is 11.2. The molecule has 34 heavy (non-hydrogen) atoms. The zero-order chi connectivity index (χ0) is 25.5. The van der Waals surface area contributed by atoms with E-state index in [0.717, 1.165) is 11.0 Å². The number of carboxylic acid groups (broad SMARTS) is 1.